The Morgan fingerprint density at radius 3 is 1.87 bits per heavy atom. The summed E-state index contributed by atoms with van der Waals surface area (Å²) in [6, 6.07) is 3.06. The number of benzene rings is 2. The summed E-state index contributed by atoms with van der Waals surface area (Å²) in [5, 5.41) is 102. The number of phenols is 2. The molecule has 0 bridgehead atoms. The lowest BCUT2D eigenvalue weighted by Gasteiger charge is -2.46. The number of esters is 2. The number of aliphatic hydroxyl groups is 7. The van der Waals surface area contributed by atoms with E-state index < -0.39 is 175 Å². The highest BCUT2D eigenvalue weighted by Crippen LogP contribution is 2.48. The molecule has 3 saturated heterocycles. The highest BCUT2D eigenvalue weighted by Gasteiger charge is 2.52. The van der Waals surface area contributed by atoms with Gasteiger partial charge in [0.05, 0.1) is 77.6 Å². The lowest BCUT2D eigenvalue weighted by Crippen LogP contribution is -2.56. The summed E-state index contributed by atoms with van der Waals surface area (Å²) in [6.45, 7) is 16.5. The van der Waals surface area contributed by atoms with Gasteiger partial charge in [-0.05, 0) is 109 Å². The van der Waals surface area contributed by atoms with Gasteiger partial charge in [-0.2, -0.15) is 0 Å². The van der Waals surface area contributed by atoms with Crippen molar-refractivity contribution in [2.45, 2.75) is 281 Å². The minimum absolute atomic E-state index is 0.0144. The molecule has 2 aromatic carbocycles. The van der Waals surface area contributed by atoms with Crippen molar-refractivity contribution in [2.24, 2.45) is 17.8 Å². The van der Waals surface area contributed by atoms with E-state index in [1.54, 1.807) is 40.7 Å². The molecule has 3 aliphatic carbocycles. The number of carbonyl (C=O) groups is 4. The van der Waals surface area contributed by atoms with Crippen LogP contribution in [0.1, 0.15) is 154 Å². The van der Waals surface area contributed by atoms with Crippen LogP contribution in [0.2, 0.25) is 0 Å². The molecular weight excluding hydrogens is 1130 g/mol. The minimum atomic E-state index is -1.93. The largest absolute Gasteiger partial charge is 0.507 e. The van der Waals surface area contributed by atoms with Gasteiger partial charge in [-0.15, -0.1) is 0 Å². The molecule has 9 N–H and O–H groups in total. The first-order chi connectivity index (χ1) is 40.5. The van der Waals surface area contributed by atoms with E-state index in [9.17, 15) is 60.3 Å². The molecule has 86 heavy (non-hydrogen) atoms. The second-order valence-corrected chi connectivity index (χ2v) is 25.3. The third-order valence-electron chi connectivity index (χ3n) is 18.3. The highest BCUT2D eigenvalue weighted by molar-refractivity contribution is 6.11. The third-order valence-corrected chi connectivity index (χ3v) is 18.3. The number of fused-ring (bicyclic) bond motifs is 2. The van der Waals surface area contributed by atoms with Crippen molar-refractivity contribution < 1.29 is 117 Å². The molecule has 0 spiro atoms. The first-order valence-corrected chi connectivity index (χ1v) is 30.6. The zero-order valence-corrected chi connectivity index (χ0v) is 51.1. The van der Waals surface area contributed by atoms with Gasteiger partial charge in [0.15, 0.2) is 30.3 Å². The van der Waals surface area contributed by atoms with Crippen molar-refractivity contribution in [3.63, 3.8) is 0 Å². The Morgan fingerprint density at radius 2 is 1.24 bits per heavy atom. The van der Waals surface area contributed by atoms with E-state index in [2.05, 4.69) is 0 Å². The molecule has 5 fully saturated rings. The quantitative estimate of drug-likeness (QED) is 0.0803. The van der Waals surface area contributed by atoms with Crippen LogP contribution in [0.3, 0.4) is 0 Å². The SMILES string of the molecule is CCCC(=O)O[C@H](C)[C@H](O)C(=O)[C@@H](OC)[C@@H]1Cc2cc3cc(O[C@H]4C[C@@H](O[C@H]5C[C@@H](OC(=O)CCC)[C@H](O)C(C)O5)[C@H](O)C(C)O4)c(C)c(O)c3c(O)c2C(=O)[C@H]1O[C@H]1C[C@@H](O[C@@H]2CC(C)[C@H](O)[C@H](O[C@@H]3CC(C)[C@@H](O)[C@@](C)(O)C3)C2)[C@H](O)C(C)O1. The predicted octanol–water partition coefficient (Wildman–Crippen LogP) is 3.78. The maximum Gasteiger partial charge on any atom is 0.306 e. The maximum absolute atomic E-state index is 15.3. The van der Waals surface area contributed by atoms with Crippen molar-refractivity contribution in [3.05, 3.63) is 28.8 Å². The van der Waals surface area contributed by atoms with Crippen LogP contribution >= 0.6 is 0 Å². The van der Waals surface area contributed by atoms with Crippen LogP contribution in [-0.2, 0) is 68.2 Å². The van der Waals surface area contributed by atoms with E-state index in [1.807, 2.05) is 20.8 Å². The fourth-order valence-corrected chi connectivity index (χ4v) is 13.5. The van der Waals surface area contributed by atoms with Gasteiger partial charge >= 0.3 is 11.9 Å². The van der Waals surface area contributed by atoms with Crippen LogP contribution in [0.15, 0.2) is 12.1 Å². The number of ether oxygens (including phenoxy) is 11. The second kappa shape index (κ2) is 28.3. The number of hydrogen-bond acceptors (Lipinski definition) is 24. The number of methoxy groups -OCH3 is 1. The van der Waals surface area contributed by atoms with Gasteiger partial charge in [-0.25, -0.2) is 0 Å². The van der Waals surface area contributed by atoms with Gasteiger partial charge in [-0.3, -0.25) is 19.2 Å². The predicted molar refractivity (Wildman–Crippen MR) is 303 cm³/mol. The molecule has 0 aromatic heterocycles. The Morgan fingerprint density at radius 1 is 0.698 bits per heavy atom. The molecule has 3 aliphatic heterocycles. The molecule has 24 heteroatoms. The number of hydrogen-bond donors (Lipinski definition) is 9. The summed E-state index contributed by atoms with van der Waals surface area (Å²) in [4.78, 5) is 54.7. The molecule has 484 valence electrons. The van der Waals surface area contributed by atoms with E-state index in [1.165, 1.54) is 27.0 Å². The number of Topliss-reactive ketones (excluding diaryl/α,β-unsaturated/α-hetero) is 2. The number of aromatic hydroxyl groups is 2. The molecule has 3 heterocycles. The van der Waals surface area contributed by atoms with Gasteiger partial charge in [0.25, 0.3) is 0 Å². The lowest BCUT2D eigenvalue weighted by atomic mass is 9.75. The van der Waals surface area contributed by atoms with E-state index in [0.717, 1.165) is 0 Å². The zero-order chi connectivity index (χ0) is 63.0. The van der Waals surface area contributed by atoms with Crippen molar-refractivity contribution in [3.8, 4) is 17.2 Å². The Bertz CT molecular complexity index is 2680. The first kappa shape index (κ1) is 67.7. The Balaban J connectivity index is 1.06. The number of aliphatic hydroxyl groups excluding tert-OH is 6. The Hall–Kier alpha value is -4.22. The van der Waals surface area contributed by atoms with Crippen molar-refractivity contribution >= 4 is 34.3 Å². The standard InChI is InChI=1S/C62H92O24/c1-12-14-43(63)77-32(9)55(70)58(73)59(76-11)37-19-33-18-34-20-38(84-45-24-42(54(69)31(8)78-45)85-46-23-41(53(68)30(7)79-46)83-44(64)15-13-2)28(5)51(66)48(34)56(71)49(33)57(72)60(37)86-47-22-40(52(67)29(6)80-47)81-35-16-26(3)50(65)39(21-35)82-36-17-27(4)61(74)62(10,75)25-36/h18,20,26-27,29-32,35-37,39-42,45-47,50,52-55,59-61,65-71,74-75H,12-17,19,21-25H2,1-11H3/t26?,27?,29?,30?,31?,32-,35-,36-,37+,39-,40-,41-,42-,45+,46+,47+,50+,52-,53-,54-,55+,59+,60+,61-,62+/m1/s1. The number of ketones is 2. The van der Waals surface area contributed by atoms with E-state index in [-0.39, 0.29) is 96.4 Å². The second-order valence-electron chi connectivity index (χ2n) is 25.3. The van der Waals surface area contributed by atoms with Crippen molar-refractivity contribution in [1.82, 2.24) is 0 Å². The van der Waals surface area contributed by atoms with Gasteiger partial charge in [-0.1, -0.05) is 27.7 Å². The fraction of sp³-hybridized carbons (Fsp3) is 0.774. The minimum Gasteiger partial charge on any atom is -0.507 e. The average Bonchev–Trinajstić information content (AvgIpc) is 0.785. The van der Waals surface area contributed by atoms with Crippen LogP contribution in [0.4, 0.5) is 0 Å². The Kier molecular flexibility index (Phi) is 22.3. The summed E-state index contributed by atoms with van der Waals surface area (Å²) in [5.41, 5.74) is -1.32. The average molecular weight is 1220 g/mol. The van der Waals surface area contributed by atoms with Crippen LogP contribution < -0.4 is 4.74 Å². The number of phenolic OH excluding ortho intramolecular Hbond substituents is 2. The van der Waals surface area contributed by atoms with E-state index in [0.29, 0.717) is 25.7 Å². The molecule has 0 radical (unpaired) electrons. The number of rotatable bonds is 21. The van der Waals surface area contributed by atoms with Gasteiger partial charge in [0.1, 0.15) is 60.0 Å². The summed E-state index contributed by atoms with van der Waals surface area (Å²) in [7, 11) is 1.21. The summed E-state index contributed by atoms with van der Waals surface area (Å²) in [5.74, 6) is -5.73. The highest BCUT2D eigenvalue weighted by atomic mass is 16.7. The number of carbonyl (C=O) groups excluding carboxylic acids is 4. The van der Waals surface area contributed by atoms with Gasteiger partial charge in [0, 0.05) is 63.5 Å². The van der Waals surface area contributed by atoms with Crippen molar-refractivity contribution in [1.29, 1.82) is 0 Å². The Labute approximate surface area is 501 Å². The topological polar surface area (TPSA) is 352 Å². The molecule has 8 rings (SSSR count). The lowest BCUT2D eigenvalue weighted by molar-refractivity contribution is -0.299. The normalized spacial score (nSPS) is 38.8. The molecule has 6 aliphatic rings. The first-order valence-electron chi connectivity index (χ1n) is 30.6. The molecule has 2 saturated carbocycles. The summed E-state index contributed by atoms with van der Waals surface area (Å²) >= 11 is 0. The van der Waals surface area contributed by atoms with Gasteiger partial charge < -0.3 is 98.1 Å². The molecular formula is C62H92O24. The molecule has 5 unspecified atom stereocenters. The smallest absolute Gasteiger partial charge is 0.306 e. The zero-order valence-electron chi connectivity index (χ0n) is 51.1. The van der Waals surface area contributed by atoms with E-state index in [4.69, 9.17) is 52.1 Å². The molecule has 2 aromatic rings. The van der Waals surface area contributed by atoms with Crippen LogP contribution in [0.25, 0.3) is 10.8 Å². The maximum atomic E-state index is 15.3. The molecule has 0 amide bonds. The van der Waals surface area contributed by atoms with Gasteiger partial charge in [0.2, 0.25) is 6.29 Å². The summed E-state index contributed by atoms with van der Waals surface area (Å²) in [6.07, 6.45) is -20.4. The van der Waals surface area contributed by atoms with Crippen LogP contribution in [-0.4, -0.2) is 211 Å². The van der Waals surface area contributed by atoms with E-state index >= 15 is 4.79 Å². The third kappa shape index (κ3) is 14.8. The van der Waals surface area contributed by atoms with Crippen LogP contribution in [0.5, 0.6) is 17.2 Å². The summed E-state index contributed by atoms with van der Waals surface area (Å²) < 4.78 is 67.3. The fourth-order valence-electron chi connectivity index (χ4n) is 13.5. The van der Waals surface area contributed by atoms with Crippen molar-refractivity contribution in [2.75, 3.05) is 7.11 Å². The molecule has 25 atom stereocenters. The van der Waals surface area contributed by atoms with Crippen LogP contribution in [0, 0.1) is 24.7 Å². The monoisotopic (exact) mass is 1220 g/mol. The molecule has 24 nitrogen and oxygen atoms in total.